The zero-order valence-corrected chi connectivity index (χ0v) is 14.2. The molecule has 0 aromatic heterocycles. The van der Waals surface area contributed by atoms with Crippen LogP contribution in [0.2, 0.25) is 0 Å². The molecule has 0 aromatic carbocycles. The molecule has 19 heavy (non-hydrogen) atoms. The first-order chi connectivity index (χ1) is 8.74. The van der Waals surface area contributed by atoms with Crippen molar-refractivity contribution in [3.05, 3.63) is 0 Å². The maximum atomic E-state index is 11.8. The lowest BCUT2D eigenvalue weighted by molar-refractivity contribution is -0.131. The Morgan fingerprint density at radius 1 is 1.32 bits per heavy atom. The second kappa shape index (κ2) is 11.3. The van der Waals surface area contributed by atoms with Crippen molar-refractivity contribution in [2.24, 2.45) is 10.7 Å². The molecule has 1 amide bonds. The zero-order chi connectivity index (χ0) is 13.2. The van der Waals surface area contributed by atoms with Crippen LogP contribution in [0.1, 0.15) is 45.4 Å². The van der Waals surface area contributed by atoms with E-state index in [1.54, 1.807) is 0 Å². The van der Waals surface area contributed by atoms with E-state index in [0.29, 0.717) is 18.9 Å². The maximum Gasteiger partial charge on any atom is 0.224 e. The number of rotatable bonds is 6. The van der Waals surface area contributed by atoms with Gasteiger partial charge in [0.25, 0.3) is 0 Å². The monoisotopic (exact) mass is 382 g/mol. The highest BCUT2D eigenvalue weighted by atomic mass is 127. The van der Waals surface area contributed by atoms with Crippen LogP contribution in [0.5, 0.6) is 0 Å². The van der Waals surface area contributed by atoms with E-state index in [9.17, 15) is 4.79 Å². The number of nitrogens with two attached hydrogens (primary N) is 1. The lowest BCUT2D eigenvalue weighted by Crippen LogP contribution is -2.39. The first-order valence-electron chi connectivity index (χ1n) is 7.05. The highest BCUT2D eigenvalue weighted by Crippen LogP contribution is 2.09. The fourth-order valence-corrected chi connectivity index (χ4v) is 2.01. The predicted molar refractivity (Wildman–Crippen MR) is 89.9 cm³/mol. The van der Waals surface area contributed by atoms with Gasteiger partial charge in [-0.15, -0.1) is 24.0 Å². The average Bonchev–Trinajstić information content (AvgIpc) is 2.40. The van der Waals surface area contributed by atoms with E-state index in [2.05, 4.69) is 17.2 Å². The molecule has 0 aliphatic carbocycles. The van der Waals surface area contributed by atoms with Gasteiger partial charge in [0.1, 0.15) is 0 Å². The molecule has 6 heteroatoms. The molecule has 0 aromatic rings. The fourth-order valence-electron chi connectivity index (χ4n) is 2.01. The minimum Gasteiger partial charge on any atom is -0.370 e. The van der Waals surface area contributed by atoms with Gasteiger partial charge in [-0.1, -0.05) is 13.3 Å². The molecule has 1 heterocycles. The zero-order valence-electron chi connectivity index (χ0n) is 11.9. The van der Waals surface area contributed by atoms with E-state index in [1.165, 1.54) is 6.42 Å². The van der Waals surface area contributed by atoms with Gasteiger partial charge < -0.3 is 16.0 Å². The van der Waals surface area contributed by atoms with Crippen LogP contribution in [0, 0.1) is 0 Å². The van der Waals surface area contributed by atoms with E-state index >= 15 is 0 Å². The number of likely N-dealkylation sites (tertiary alicyclic amines) is 1. The summed E-state index contributed by atoms with van der Waals surface area (Å²) in [6.45, 7) is 5.29. The van der Waals surface area contributed by atoms with Crippen molar-refractivity contribution in [3.8, 4) is 0 Å². The number of aliphatic imine (C=N–C) groups is 1. The number of nitrogens with zero attached hydrogens (tertiary/aromatic N) is 2. The van der Waals surface area contributed by atoms with Crippen molar-refractivity contribution >= 4 is 35.8 Å². The maximum absolute atomic E-state index is 11.8. The third-order valence-electron chi connectivity index (χ3n) is 3.15. The second-order valence-corrected chi connectivity index (χ2v) is 4.74. The Balaban J connectivity index is 0.00000324. The van der Waals surface area contributed by atoms with Gasteiger partial charge in [-0.2, -0.15) is 0 Å². The number of unbranched alkanes of at least 4 members (excludes halogenated alkanes) is 1. The smallest absolute Gasteiger partial charge is 0.224 e. The average molecular weight is 382 g/mol. The fraction of sp³-hybridized carbons (Fsp3) is 0.846. The van der Waals surface area contributed by atoms with Crippen molar-refractivity contribution in [1.82, 2.24) is 10.2 Å². The molecule has 1 rings (SSSR count). The van der Waals surface area contributed by atoms with Crippen molar-refractivity contribution in [2.45, 2.75) is 45.4 Å². The molecule has 0 saturated carbocycles. The summed E-state index contributed by atoms with van der Waals surface area (Å²) >= 11 is 0. The molecule has 5 nitrogen and oxygen atoms in total. The second-order valence-electron chi connectivity index (χ2n) is 4.74. The normalized spacial score (nSPS) is 15.8. The number of hydrogen-bond donors (Lipinski definition) is 2. The number of amides is 1. The SMILES string of the molecule is CCCCN=C(N)NCCC(=O)N1CCCCC1.I. The topological polar surface area (TPSA) is 70.7 Å². The van der Waals surface area contributed by atoms with Crippen LogP contribution in [0.25, 0.3) is 0 Å². The minimum absolute atomic E-state index is 0. The predicted octanol–water partition coefficient (Wildman–Crippen LogP) is 1.71. The quantitative estimate of drug-likeness (QED) is 0.318. The number of guanidine groups is 1. The lowest BCUT2D eigenvalue weighted by atomic mass is 10.1. The number of carbonyl (C=O) groups excluding carboxylic acids is 1. The van der Waals surface area contributed by atoms with Crippen LogP contribution in [0.4, 0.5) is 0 Å². The highest BCUT2D eigenvalue weighted by Gasteiger charge is 2.15. The molecule has 0 atom stereocenters. The van der Waals surface area contributed by atoms with Gasteiger partial charge in [0.05, 0.1) is 0 Å². The summed E-state index contributed by atoms with van der Waals surface area (Å²) in [5, 5.41) is 2.99. The van der Waals surface area contributed by atoms with E-state index in [4.69, 9.17) is 5.73 Å². The molecular formula is C13H27IN4O. The summed E-state index contributed by atoms with van der Waals surface area (Å²) in [5.41, 5.74) is 5.69. The summed E-state index contributed by atoms with van der Waals surface area (Å²) < 4.78 is 0. The van der Waals surface area contributed by atoms with E-state index in [-0.39, 0.29) is 29.9 Å². The summed E-state index contributed by atoms with van der Waals surface area (Å²) in [5.74, 6) is 0.679. The Morgan fingerprint density at radius 3 is 2.63 bits per heavy atom. The van der Waals surface area contributed by atoms with Gasteiger partial charge in [-0.05, 0) is 25.7 Å². The molecule has 112 valence electrons. The molecule has 0 radical (unpaired) electrons. The van der Waals surface area contributed by atoms with Gasteiger partial charge in [-0.3, -0.25) is 9.79 Å². The molecular weight excluding hydrogens is 355 g/mol. The molecule has 1 saturated heterocycles. The summed E-state index contributed by atoms with van der Waals surface area (Å²) in [7, 11) is 0. The first-order valence-corrected chi connectivity index (χ1v) is 7.05. The highest BCUT2D eigenvalue weighted by molar-refractivity contribution is 14.0. The molecule has 0 bridgehead atoms. The third kappa shape index (κ3) is 8.28. The largest absolute Gasteiger partial charge is 0.370 e. The molecule has 1 aliphatic heterocycles. The number of nitrogens with one attached hydrogen (secondary N) is 1. The Labute approximate surface area is 133 Å². The standard InChI is InChI=1S/C13H26N4O.HI/c1-2-3-8-15-13(14)16-9-7-12(18)17-10-5-4-6-11-17;/h2-11H2,1H3,(H3,14,15,16);1H. The molecule has 1 fully saturated rings. The van der Waals surface area contributed by atoms with Crippen molar-refractivity contribution < 1.29 is 4.79 Å². The first kappa shape index (κ1) is 18.5. The van der Waals surface area contributed by atoms with Crippen LogP contribution >= 0.6 is 24.0 Å². The Morgan fingerprint density at radius 2 is 2.00 bits per heavy atom. The van der Waals surface area contributed by atoms with Crippen molar-refractivity contribution in [2.75, 3.05) is 26.2 Å². The van der Waals surface area contributed by atoms with Gasteiger partial charge in [0, 0.05) is 32.6 Å². The van der Waals surface area contributed by atoms with E-state index < -0.39 is 0 Å². The van der Waals surface area contributed by atoms with E-state index in [0.717, 1.165) is 45.3 Å². The van der Waals surface area contributed by atoms with Crippen LogP contribution in [-0.4, -0.2) is 42.9 Å². The van der Waals surface area contributed by atoms with E-state index in [1.807, 2.05) is 4.90 Å². The van der Waals surface area contributed by atoms with Crippen molar-refractivity contribution in [1.29, 1.82) is 0 Å². The van der Waals surface area contributed by atoms with Crippen molar-refractivity contribution in [3.63, 3.8) is 0 Å². The van der Waals surface area contributed by atoms with Crippen LogP contribution in [-0.2, 0) is 4.79 Å². The van der Waals surface area contributed by atoms with Crippen LogP contribution in [0.3, 0.4) is 0 Å². The Hall–Kier alpha value is -0.530. The summed E-state index contributed by atoms with van der Waals surface area (Å²) in [6.07, 6.45) is 6.20. The van der Waals surface area contributed by atoms with Crippen LogP contribution < -0.4 is 11.1 Å². The number of carbonyl (C=O) groups is 1. The number of piperidine rings is 1. The number of halogens is 1. The number of hydrogen-bond acceptors (Lipinski definition) is 2. The third-order valence-corrected chi connectivity index (χ3v) is 3.15. The Kier molecular flexibility index (Phi) is 11.0. The minimum atomic E-state index is 0. The van der Waals surface area contributed by atoms with Crippen LogP contribution in [0.15, 0.2) is 4.99 Å². The summed E-state index contributed by atoms with van der Waals surface area (Å²) in [4.78, 5) is 18.0. The molecule has 1 aliphatic rings. The lowest BCUT2D eigenvalue weighted by Gasteiger charge is -2.26. The van der Waals surface area contributed by atoms with Gasteiger partial charge >= 0.3 is 0 Å². The van der Waals surface area contributed by atoms with Gasteiger partial charge in [0.2, 0.25) is 5.91 Å². The van der Waals surface area contributed by atoms with Gasteiger partial charge in [-0.25, -0.2) is 0 Å². The molecule has 3 N–H and O–H groups in total. The summed E-state index contributed by atoms with van der Waals surface area (Å²) in [6, 6.07) is 0. The molecule has 0 unspecified atom stereocenters. The Bertz CT molecular complexity index is 278. The molecule has 0 spiro atoms. The van der Waals surface area contributed by atoms with Gasteiger partial charge in [0.15, 0.2) is 5.96 Å².